The predicted octanol–water partition coefficient (Wildman–Crippen LogP) is 4.77. The Morgan fingerprint density at radius 2 is 1.89 bits per heavy atom. The highest BCUT2D eigenvalue weighted by molar-refractivity contribution is 6.06. The lowest BCUT2D eigenvalue weighted by Gasteiger charge is -2.28. The fourth-order valence-electron chi connectivity index (χ4n) is 4.67. The highest BCUT2D eigenvalue weighted by Crippen LogP contribution is 2.37. The fourth-order valence-corrected chi connectivity index (χ4v) is 4.67. The average Bonchev–Trinajstić information content (AvgIpc) is 3.34. The summed E-state index contributed by atoms with van der Waals surface area (Å²) in [6.45, 7) is 1.91. The van der Waals surface area contributed by atoms with Gasteiger partial charge in [0.1, 0.15) is 0 Å². The number of alkyl halides is 3. The summed E-state index contributed by atoms with van der Waals surface area (Å²) < 4.78 is 42.6. The van der Waals surface area contributed by atoms with Gasteiger partial charge in [0, 0.05) is 61.7 Å². The van der Waals surface area contributed by atoms with Crippen molar-refractivity contribution < 1.29 is 23.1 Å². The summed E-state index contributed by atoms with van der Waals surface area (Å²) in [4.78, 5) is 20.4. The van der Waals surface area contributed by atoms with Crippen molar-refractivity contribution in [2.45, 2.75) is 19.1 Å². The average molecular weight is 522 g/mol. The van der Waals surface area contributed by atoms with Crippen LogP contribution in [0.2, 0.25) is 0 Å². The second kappa shape index (κ2) is 10.4. The van der Waals surface area contributed by atoms with Gasteiger partial charge in [-0.25, -0.2) is 0 Å². The van der Waals surface area contributed by atoms with Gasteiger partial charge in [0.05, 0.1) is 29.2 Å². The minimum atomic E-state index is -4.61. The second-order valence-electron chi connectivity index (χ2n) is 9.19. The number of nitrogens with zero attached hydrogens (tertiary/aromatic N) is 4. The molecule has 0 radical (unpaired) electrons. The number of aliphatic hydroxyl groups is 1. The van der Waals surface area contributed by atoms with Gasteiger partial charge in [-0.05, 0) is 35.9 Å². The van der Waals surface area contributed by atoms with Crippen LogP contribution in [0.5, 0.6) is 0 Å². The van der Waals surface area contributed by atoms with E-state index >= 15 is 0 Å². The molecule has 0 atom stereocenters. The number of aryl methyl sites for hydroxylation is 1. The van der Waals surface area contributed by atoms with Crippen LogP contribution in [0.15, 0.2) is 66.9 Å². The van der Waals surface area contributed by atoms with E-state index in [2.05, 4.69) is 15.3 Å². The lowest BCUT2D eigenvalue weighted by atomic mass is 9.99. The summed E-state index contributed by atoms with van der Waals surface area (Å²) in [5.74, 6) is -0.558. The third-order valence-electron chi connectivity index (χ3n) is 6.54. The molecule has 1 amide bonds. The Hall–Kier alpha value is -4.02. The van der Waals surface area contributed by atoms with Crippen molar-refractivity contribution in [1.29, 1.82) is 0 Å². The van der Waals surface area contributed by atoms with Gasteiger partial charge in [0.25, 0.3) is 5.91 Å². The maximum absolute atomic E-state index is 13.7. The third kappa shape index (κ3) is 5.32. The van der Waals surface area contributed by atoms with E-state index in [0.717, 1.165) is 29.4 Å². The quantitative estimate of drug-likeness (QED) is 0.382. The van der Waals surface area contributed by atoms with Crippen LogP contribution in [0.1, 0.15) is 27.2 Å². The molecule has 0 fully saturated rings. The van der Waals surface area contributed by atoms with E-state index in [-0.39, 0.29) is 23.4 Å². The third-order valence-corrected chi connectivity index (χ3v) is 6.54. The van der Waals surface area contributed by atoms with E-state index in [9.17, 15) is 23.1 Å². The molecule has 3 heterocycles. The SMILES string of the molecule is Cn1ccc(-c2cc(C(=O)Nc3cc4c(nc3-c3ccccc3)CCN(CCO)C4)ccc2C(F)(F)F)n1. The minimum absolute atomic E-state index is 0.0426. The molecule has 1 aliphatic heterocycles. The van der Waals surface area contributed by atoms with Crippen molar-refractivity contribution in [1.82, 2.24) is 19.7 Å². The predicted molar refractivity (Wildman–Crippen MR) is 137 cm³/mol. The number of halogens is 3. The molecule has 1 aliphatic rings. The van der Waals surface area contributed by atoms with Crippen molar-refractivity contribution in [3.05, 3.63) is 89.2 Å². The van der Waals surface area contributed by atoms with Crippen LogP contribution in [-0.4, -0.2) is 50.4 Å². The Morgan fingerprint density at radius 1 is 1.11 bits per heavy atom. The smallest absolute Gasteiger partial charge is 0.395 e. The first kappa shape index (κ1) is 25.6. The summed E-state index contributed by atoms with van der Waals surface area (Å²) in [5.41, 5.74) is 2.87. The van der Waals surface area contributed by atoms with Crippen molar-refractivity contribution in [3.8, 4) is 22.5 Å². The number of aromatic nitrogens is 3. The first-order valence-electron chi connectivity index (χ1n) is 12.2. The van der Waals surface area contributed by atoms with Crippen LogP contribution in [0.4, 0.5) is 18.9 Å². The van der Waals surface area contributed by atoms with Crippen LogP contribution in [-0.2, 0) is 26.2 Å². The molecule has 0 aliphatic carbocycles. The minimum Gasteiger partial charge on any atom is -0.395 e. The Labute approximate surface area is 217 Å². The van der Waals surface area contributed by atoms with Crippen LogP contribution < -0.4 is 5.32 Å². The molecule has 7 nitrogen and oxygen atoms in total. The number of pyridine rings is 1. The number of carbonyl (C=O) groups is 1. The largest absolute Gasteiger partial charge is 0.417 e. The molecule has 2 aromatic heterocycles. The molecule has 2 N–H and O–H groups in total. The zero-order valence-electron chi connectivity index (χ0n) is 20.7. The zero-order valence-corrected chi connectivity index (χ0v) is 20.7. The highest BCUT2D eigenvalue weighted by Gasteiger charge is 2.34. The highest BCUT2D eigenvalue weighted by atomic mass is 19.4. The summed E-state index contributed by atoms with van der Waals surface area (Å²) in [5, 5.41) is 16.3. The topological polar surface area (TPSA) is 83.3 Å². The first-order valence-corrected chi connectivity index (χ1v) is 12.2. The van der Waals surface area contributed by atoms with E-state index < -0.39 is 17.6 Å². The molecule has 0 saturated carbocycles. The van der Waals surface area contributed by atoms with Gasteiger partial charge in [-0.3, -0.25) is 19.4 Å². The number of rotatable bonds is 6. The number of amides is 1. The molecule has 0 bridgehead atoms. The van der Waals surface area contributed by atoms with E-state index in [1.54, 1.807) is 13.2 Å². The van der Waals surface area contributed by atoms with Crippen LogP contribution in [0.3, 0.4) is 0 Å². The first-order chi connectivity index (χ1) is 18.2. The number of carbonyl (C=O) groups excluding carboxylic acids is 1. The van der Waals surface area contributed by atoms with Crippen LogP contribution in [0.25, 0.3) is 22.5 Å². The van der Waals surface area contributed by atoms with Crippen LogP contribution >= 0.6 is 0 Å². The number of hydrogen-bond donors (Lipinski definition) is 2. The molecular formula is C28H26F3N5O2. The van der Waals surface area contributed by atoms with E-state index in [1.165, 1.54) is 22.9 Å². The van der Waals surface area contributed by atoms with Crippen molar-refractivity contribution in [3.63, 3.8) is 0 Å². The Bertz CT molecular complexity index is 1470. The van der Waals surface area contributed by atoms with Gasteiger partial charge in [0.15, 0.2) is 0 Å². The Kier molecular flexibility index (Phi) is 7.00. The number of anilines is 1. The monoisotopic (exact) mass is 521 g/mol. The van der Waals surface area contributed by atoms with E-state index in [0.29, 0.717) is 30.9 Å². The number of aliphatic hydroxyl groups excluding tert-OH is 1. The summed E-state index contributed by atoms with van der Waals surface area (Å²) in [6, 6.07) is 16.1. The van der Waals surface area contributed by atoms with Crippen molar-refractivity contribution >= 4 is 11.6 Å². The normalized spacial score (nSPS) is 13.8. The molecule has 10 heteroatoms. The molecule has 0 unspecified atom stereocenters. The van der Waals surface area contributed by atoms with Gasteiger partial charge in [-0.1, -0.05) is 30.3 Å². The van der Waals surface area contributed by atoms with Gasteiger partial charge >= 0.3 is 6.18 Å². The number of β-amino-alcohol motifs (C(OH)–C–C–N with tert-alkyl or cyclic N) is 1. The second-order valence-corrected chi connectivity index (χ2v) is 9.19. The Morgan fingerprint density at radius 3 is 2.58 bits per heavy atom. The van der Waals surface area contributed by atoms with Crippen LogP contribution in [0, 0.1) is 0 Å². The zero-order chi connectivity index (χ0) is 26.9. The van der Waals surface area contributed by atoms with Gasteiger partial charge in [0.2, 0.25) is 0 Å². The summed E-state index contributed by atoms with van der Waals surface area (Å²) in [7, 11) is 1.61. The van der Waals surface area contributed by atoms with Gasteiger partial charge < -0.3 is 10.4 Å². The molecule has 2 aromatic carbocycles. The van der Waals surface area contributed by atoms with E-state index in [1.807, 2.05) is 36.4 Å². The number of nitrogens with one attached hydrogen (secondary N) is 1. The molecule has 196 valence electrons. The molecule has 5 rings (SSSR count). The molecular weight excluding hydrogens is 495 g/mol. The number of fused-ring (bicyclic) bond motifs is 1. The molecule has 0 spiro atoms. The maximum atomic E-state index is 13.7. The van der Waals surface area contributed by atoms with E-state index in [4.69, 9.17) is 4.98 Å². The van der Waals surface area contributed by atoms with Crippen molar-refractivity contribution in [2.24, 2.45) is 7.05 Å². The molecule has 4 aromatic rings. The lowest BCUT2D eigenvalue weighted by Crippen LogP contribution is -2.33. The van der Waals surface area contributed by atoms with Gasteiger partial charge in [-0.2, -0.15) is 18.3 Å². The summed E-state index contributed by atoms with van der Waals surface area (Å²) in [6.07, 6.45) is -2.35. The van der Waals surface area contributed by atoms with Crippen molar-refractivity contribution in [2.75, 3.05) is 25.0 Å². The lowest BCUT2D eigenvalue weighted by molar-refractivity contribution is -0.137. The number of hydrogen-bond acceptors (Lipinski definition) is 5. The fraction of sp³-hybridized carbons (Fsp3) is 0.250. The molecule has 38 heavy (non-hydrogen) atoms. The maximum Gasteiger partial charge on any atom is 0.417 e. The Balaban J connectivity index is 1.53. The summed E-state index contributed by atoms with van der Waals surface area (Å²) >= 11 is 0. The molecule has 0 saturated heterocycles. The van der Waals surface area contributed by atoms with Gasteiger partial charge in [-0.15, -0.1) is 0 Å². The number of benzene rings is 2. The standard InChI is InChI=1S/C28H26F3N5O2/c1-35-11-9-24(34-35)21-15-19(7-8-22(21)28(29,30)31)27(38)33-25-16-20-17-36(13-14-37)12-10-23(20)32-26(25)18-5-3-2-4-6-18/h2-9,11,15-16,37H,10,12-14,17H2,1H3,(H,33,38).